The summed E-state index contributed by atoms with van der Waals surface area (Å²) in [5.41, 5.74) is 5.54. The quantitative estimate of drug-likeness (QED) is 0.718. The third-order valence-electron chi connectivity index (χ3n) is 5.02. The molecule has 4 N–H and O–H groups in total. The first-order chi connectivity index (χ1) is 12.5. The maximum Gasteiger partial charge on any atom is 0.252 e. The highest BCUT2D eigenvalue weighted by atomic mass is 16.5. The molecule has 0 radical (unpaired) electrons. The average molecular weight is 360 g/mol. The number of fused-ring (bicyclic) bond motifs is 1. The van der Waals surface area contributed by atoms with E-state index in [4.69, 9.17) is 15.2 Å². The molecule has 140 valence electrons. The number of ether oxygens (including phenoxy) is 2. The van der Waals surface area contributed by atoms with Gasteiger partial charge in [-0.25, -0.2) is 0 Å². The Hall–Kier alpha value is -2.22. The number of hydrogen-bond donors (Lipinski definition) is 3. The van der Waals surface area contributed by atoms with Gasteiger partial charge in [0.25, 0.3) is 5.91 Å². The number of aromatic nitrogens is 1. The predicted octanol–water partition coefficient (Wildman–Crippen LogP) is 1.45. The molecule has 1 fully saturated rings. The summed E-state index contributed by atoms with van der Waals surface area (Å²) in [6.45, 7) is -0.454. The van der Waals surface area contributed by atoms with Gasteiger partial charge in [-0.2, -0.15) is 0 Å². The van der Waals surface area contributed by atoms with E-state index in [1.807, 2.05) is 24.3 Å². The number of aliphatic hydroxyl groups excluding tert-OH is 2. The van der Waals surface area contributed by atoms with Crippen LogP contribution in [0.25, 0.3) is 10.9 Å². The van der Waals surface area contributed by atoms with E-state index in [9.17, 15) is 15.0 Å². The van der Waals surface area contributed by atoms with Gasteiger partial charge < -0.3 is 25.4 Å². The summed E-state index contributed by atoms with van der Waals surface area (Å²) in [5.74, 6) is -0.0580. The third kappa shape index (κ3) is 3.51. The third-order valence-corrected chi connectivity index (χ3v) is 5.02. The maximum absolute atomic E-state index is 11.7. The molecule has 1 aliphatic heterocycles. The standard InChI is InChI=1S/C19H24N2O5/c1-25-13-8-15-14(5-2-6-16(15)21-10-13)17(23)9-12-4-3-7-19(11-22,26-12)18(20)24/h2,5-6,8,10,12,17,22-23H,3-4,7,9,11H2,1H3,(H2,20,24)/t12-,17+,19+/m0/s1. The minimum absolute atomic E-state index is 0.297. The van der Waals surface area contributed by atoms with Gasteiger partial charge in [0.2, 0.25) is 0 Å². The summed E-state index contributed by atoms with van der Waals surface area (Å²) in [7, 11) is 1.57. The number of carbonyl (C=O) groups is 1. The topological polar surface area (TPSA) is 115 Å². The number of nitrogens with two attached hydrogens (primary N) is 1. The Labute approximate surface area is 151 Å². The number of amides is 1. The van der Waals surface area contributed by atoms with Crippen molar-refractivity contribution in [3.63, 3.8) is 0 Å². The summed E-state index contributed by atoms with van der Waals surface area (Å²) in [4.78, 5) is 16.0. The van der Waals surface area contributed by atoms with Crippen LogP contribution in [0.3, 0.4) is 0 Å². The smallest absolute Gasteiger partial charge is 0.252 e. The molecule has 2 aromatic rings. The number of primary amides is 1. The lowest BCUT2D eigenvalue weighted by Gasteiger charge is -2.38. The lowest BCUT2D eigenvalue weighted by Crippen LogP contribution is -2.53. The fourth-order valence-electron chi connectivity index (χ4n) is 3.52. The second-order valence-corrected chi connectivity index (χ2v) is 6.69. The first kappa shape index (κ1) is 18.6. The Morgan fingerprint density at radius 2 is 2.35 bits per heavy atom. The first-order valence-electron chi connectivity index (χ1n) is 8.68. The van der Waals surface area contributed by atoms with Crippen LogP contribution in [0.1, 0.15) is 37.4 Å². The molecule has 0 unspecified atom stereocenters. The van der Waals surface area contributed by atoms with E-state index in [-0.39, 0.29) is 6.10 Å². The molecule has 1 aliphatic rings. The highest BCUT2D eigenvalue weighted by molar-refractivity contribution is 5.84. The van der Waals surface area contributed by atoms with Gasteiger partial charge in [-0.1, -0.05) is 12.1 Å². The summed E-state index contributed by atoms with van der Waals surface area (Å²) >= 11 is 0. The molecule has 7 nitrogen and oxygen atoms in total. The summed E-state index contributed by atoms with van der Waals surface area (Å²) in [5, 5.41) is 21.2. The van der Waals surface area contributed by atoms with Gasteiger partial charge in [-0.05, 0) is 37.0 Å². The van der Waals surface area contributed by atoms with Gasteiger partial charge >= 0.3 is 0 Å². The Morgan fingerprint density at radius 3 is 3.04 bits per heavy atom. The number of carbonyl (C=O) groups excluding carboxylic acids is 1. The molecule has 0 spiro atoms. The molecule has 1 aromatic heterocycles. The van der Waals surface area contributed by atoms with Crippen LogP contribution in [0.2, 0.25) is 0 Å². The fourth-order valence-corrected chi connectivity index (χ4v) is 3.52. The molecule has 3 atom stereocenters. The number of benzene rings is 1. The van der Waals surface area contributed by atoms with Crippen LogP contribution in [0.15, 0.2) is 30.5 Å². The number of aliphatic hydroxyl groups is 2. The summed E-state index contributed by atoms with van der Waals surface area (Å²) in [6, 6.07) is 7.38. The zero-order valence-corrected chi connectivity index (χ0v) is 14.7. The van der Waals surface area contributed by atoms with Crippen LogP contribution >= 0.6 is 0 Å². The molecule has 2 heterocycles. The van der Waals surface area contributed by atoms with Crippen molar-refractivity contribution in [3.05, 3.63) is 36.0 Å². The second-order valence-electron chi connectivity index (χ2n) is 6.69. The maximum atomic E-state index is 11.7. The number of nitrogens with zero attached hydrogens (tertiary/aromatic N) is 1. The molecule has 0 bridgehead atoms. The van der Waals surface area contributed by atoms with Gasteiger partial charge in [0.05, 0.1) is 37.6 Å². The van der Waals surface area contributed by atoms with Gasteiger partial charge in [-0.3, -0.25) is 9.78 Å². The molecule has 1 saturated heterocycles. The van der Waals surface area contributed by atoms with Crippen LogP contribution in [0.4, 0.5) is 0 Å². The number of hydrogen-bond acceptors (Lipinski definition) is 6. The van der Waals surface area contributed by atoms with E-state index in [0.29, 0.717) is 31.4 Å². The van der Waals surface area contributed by atoms with Crippen LogP contribution in [-0.2, 0) is 9.53 Å². The zero-order chi connectivity index (χ0) is 18.7. The van der Waals surface area contributed by atoms with Gasteiger partial charge in [0, 0.05) is 11.8 Å². The lowest BCUT2D eigenvalue weighted by atomic mass is 9.88. The van der Waals surface area contributed by atoms with Crippen molar-refractivity contribution in [1.29, 1.82) is 0 Å². The summed E-state index contributed by atoms with van der Waals surface area (Å²) < 4.78 is 11.0. The van der Waals surface area contributed by atoms with Crippen LogP contribution in [-0.4, -0.2) is 46.5 Å². The van der Waals surface area contributed by atoms with Crippen molar-refractivity contribution in [2.45, 2.75) is 43.5 Å². The second kappa shape index (κ2) is 7.57. The SMILES string of the molecule is COc1cnc2cccc([C@H](O)C[C@@H]3CCC[C@@](CO)(C(N)=O)O3)c2c1. The van der Waals surface area contributed by atoms with Crippen molar-refractivity contribution in [2.75, 3.05) is 13.7 Å². The van der Waals surface area contributed by atoms with E-state index >= 15 is 0 Å². The van der Waals surface area contributed by atoms with E-state index < -0.39 is 24.2 Å². The number of methoxy groups -OCH3 is 1. The monoisotopic (exact) mass is 360 g/mol. The molecular weight excluding hydrogens is 336 g/mol. The lowest BCUT2D eigenvalue weighted by molar-refractivity contribution is -0.176. The minimum atomic E-state index is -1.35. The Morgan fingerprint density at radius 1 is 1.54 bits per heavy atom. The number of pyridine rings is 1. The Kier molecular flexibility index (Phi) is 5.41. The molecular formula is C19H24N2O5. The molecule has 0 aliphatic carbocycles. The minimum Gasteiger partial charge on any atom is -0.495 e. The average Bonchev–Trinajstić information content (AvgIpc) is 2.66. The molecule has 3 rings (SSSR count). The molecule has 7 heteroatoms. The largest absolute Gasteiger partial charge is 0.495 e. The van der Waals surface area contributed by atoms with Crippen LogP contribution in [0, 0.1) is 0 Å². The van der Waals surface area contributed by atoms with Crippen molar-refractivity contribution >= 4 is 16.8 Å². The predicted molar refractivity (Wildman–Crippen MR) is 95.6 cm³/mol. The van der Waals surface area contributed by atoms with E-state index in [0.717, 1.165) is 16.5 Å². The van der Waals surface area contributed by atoms with Crippen LogP contribution < -0.4 is 10.5 Å². The highest BCUT2D eigenvalue weighted by Gasteiger charge is 2.42. The van der Waals surface area contributed by atoms with Crippen LogP contribution in [0.5, 0.6) is 5.75 Å². The van der Waals surface area contributed by atoms with Crippen molar-refractivity contribution < 1.29 is 24.5 Å². The first-order valence-corrected chi connectivity index (χ1v) is 8.68. The molecule has 26 heavy (non-hydrogen) atoms. The Balaban J connectivity index is 1.83. The zero-order valence-electron chi connectivity index (χ0n) is 14.7. The van der Waals surface area contributed by atoms with Gasteiger partial charge in [0.1, 0.15) is 5.75 Å². The van der Waals surface area contributed by atoms with Crippen molar-refractivity contribution in [3.8, 4) is 5.75 Å². The normalized spacial score (nSPS) is 24.3. The molecule has 1 amide bonds. The van der Waals surface area contributed by atoms with E-state index in [1.165, 1.54) is 0 Å². The van der Waals surface area contributed by atoms with Crippen molar-refractivity contribution in [2.24, 2.45) is 5.73 Å². The van der Waals surface area contributed by atoms with E-state index in [1.54, 1.807) is 13.3 Å². The highest BCUT2D eigenvalue weighted by Crippen LogP contribution is 2.35. The van der Waals surface area contributed by atoms with Crippen molar-refractivity contribution in [1.82, 2.24) is 4.98 Å². The van der Waals surface area contributed by atoms with Gasteiger partial charge in [-0.15, -0.1) is 0 Å². The molecule has 0 saturated carbocycles. The van der Waals surface area contributed by atoms with E-state index in [2.05, 4.69) is 4.98 Å². The van der Waals surface area contributed by atoms with Gasteiger partial charge in [0.15, 0.2) is 5.60 Å². The molecule has 1 aromatic carbocycles. The fraction of sp³-hybridized carbons (Fsp3) is 0.474. The Bertz CT molecular complexity index is 797. The summed E-state index contributed by atoms with van der Waals surface area (Å²) in [6.07, 6.45) is 2.54. The number of rotatable bonds is 6.